The third-order valence-corrected chi connectivity index (χ3v) is 5.43. The van der Waals surface area contributed by atoms with Gasteiger partial charge < -0.3 is 10.1 Å². The second-order valence-corrected chi connectivity index (χ2v) is 7.59. The molecule has 0 aliphatic carbocycles. The molecule has 114 valence electrons. The van der Waals surface area contributed by atoms with Crippen LogP contribution in [0.4, 0.5) is 0 Å². The Labute approximate surface area is 117 Å². The zero-order valence-corrected chi connectivity index (χ0v) is 13.0. The lowest BCUT2D eigenvalue weighted by atomic mass is 10.0. The maximum atomic E-state index is 11.6. The largest absolute Gasteiger partial charge is 0.383 e. The number of ether oxygens (including phenoxy) is 1. The van der Waals surface area contributed by atoms with E-state index in [0.717, 1.165) is 32.7 Å². The zero-order valence-electron chi connectivity index (χ0n) is 12.2. The van der Waals surface area contributed by atoms with Crippen LogP contribution in [0.15, 0.2) is 0 Å². The third kappa shape index (κ3) is 6.70. The summed E-state index contributed by atoms with van der Waals surface area (Å²) in [6.45, 7) is 5.92. The predicted octanol–water partition coefficient (Wildman–Crippen LogP) is 0.512. The molecule has 1 aliphatic rings. The molecule has 0 spiro atoms. The fraction of sp³-hybridized carbons (Fsp3) is 1.00. The molecule has 0 amide bonds. The zero-order chi connectivity index (χ0) is 14.1. The molecule has 1 aliphatic heterocycles. The van der Waals surface area contributed by atoms with Crippen molar-refractivity contribution in [3.63, 3.8) is 0 Å². The normalized spacial score (nSPS) is 21.7. The van der Waals surface area contributed by atoms with Crippen molar-refractivity contribution in [1.29, 1.82) is 0 Å². The van der Waals surface area contributed by atoms with Gasteiger partial charge in [-0.15, -0.1) is 0 Å². The first-order chi connectivity index (χ1) is 9.09. The average molecular weight is 292 g/mol. The molecular weight excluding hydrogens is 264 g/mol. The van der Waals surface area contributed by atoms with E-state index in [0.29, 0.717) is 12.6 Å². The van der Waals surface area contributed by atoms with Crippen LogP contribution in [-0.2, 0) is 14.6 Å². The highest BCUT2D eigenvalue weighted by atomic mass is 32.2. The molecule has 19 heavy (non-hydrogen) atoms. The van der Waals surface area contributed by atoms with Crippen LogP contribution in [0.3, 0.4) is 0 Å². The maximum absolute atomic E-state index is 11.6. The summed E-state index contributed by atoms with van der Waals surface area (Å²) in [7, 11) is -1.15. The SMILES string of the molecule is CCS(=O)(=O)CCN1CCCCC1CNCCOC. The Kier molecular flexibility index (Phi) is 7.90. The molecule has 0 aromatic rings. The van der Waals surface area contributed by atoms with Crippen LogP contribution in [0.1, 0.15) is 26.2 Å². The highest BCUT2D eigenvalue weighted by molar-refractivity contribution is 7.91. The van der Waals surface area contributed by atoms with Gasteiger partial charge >= 0.3 is 0 Å². The molecule has 0 radical (unpaired) electrons. The fourth-order valence-electron chi connectivity index (χ4n) is 2.43. The van der Waals surface area contributed by atoms with Gasteiger partial charge in [0.05, 0.1) is 12.4 Å². The van der Waals surface area contributed by atoms with E-state index >= 15 is 0 Å². The highest BCUT2D eigenvalue weighted by Gasteiger charge is 2.23. The van der Waals surface area contributed by atoms with Crippen molar-refractivity contribution < 1.29 is 13.2 Å². The van der Waals surface area contributed by atoms with Crippen molar-refractivity contribution in [1.82, 2.24) is 10.2 Å². The smallest absolute Gasteiger partial charge is 0.151 e. The Morgan fingerprint density at radius 1 is 1.37 bits per heavy atom. The molecule has 0 aromatic carbocycles. The van der Waals surface area contributed by atoms with Gasteiger partial charge in [-0.05, 0) is 19.4 Å². The number of nitrogens with zero attached hydrogens (tertiary/aromatic N) is 1. The van der Waals surface area contributed by atoms with E-state index < -0.39 is 9.84 Å². The second-order valence-electron chi connectivity index (χ2n) is 5.12. The van der Waals surface area contributed by atoms with Crippen LogP contribution in [0.2, 0.25) is 0 Å². The van der Waals surface area contributed by atoms with Crippen LogP contribution < -0.4 is 5.32 Å². The lowest BCUT2D eigenvalue weighted by Gasteiger charge is -2.35. The molecule has 0 bridgehead atoms. The lowest BCUT2D eigenvalue weighted by molar-refractivity contribution is 0.148. The van der Waals surface area contributed by atoms with E-state index in [9.17, 15) is 8.42 Å². The second kappa shape index (κ2) is 8.89. The van der Waals surface area contributed by atoms with E-state index in [-0.39, 0.29) is 11.5 Å². The molecule has 5 nitrogen and oxygen atoms in total. The van der Waals surface area contributed by atoms with Gasteiger partial charge in [-0.25, -0.2) is 8.42 Å². The van der Waals surface area contributed by atoms with Crippen LogP contribution in [0.25, 0.3) is 0 Å². The number of likely N-dealkylation sites (tertiary alicyclic amines) is 1. The van der Waals surface area contributed by atoms with Crippen LogP contribution in [-0.4, -0.2) is 70.8 Å². The summed E-state index contributed by atoms with van der Waals surface area (Å²) in [5.74, 6) is 0.537. The lowest BCUT2D eigenvalue weighted by Crippen LogP contribution is -2.47. The first-order valence-electron chi connectivity index (χ1n) is 7.23. The summed E-state index contributed by atoms with van der Waals surface area (Å²) in [5, 5.41) is 3.38. The third-order valence-electron chi connectivity index (χ3n) is 3.74. The number of rotatable bonds is 9. The Bertz CT molecular complexity index is 333. The van der Waals surface area contributed by atoms with E-state index in [4.69, 9.17) is 4.74 Å². The van der Waals surface area contributed by atoms with Crippen molar-refractivity contribution in [2.45, 2.75) is 32.2 Å². The molecule has 1 N–H and O–H groups in total. The summed E-state index contributed by atoms with van der Waals surface area (Å²) in [6.07, 6.45) is 3.58. The van der Waals surface area contributed by atoms with Crippen LogP contribution >= 0.6 is 0 Å². The first-order valence-corrected chi connectivity index (χ1v) is 9.05. The molecule has 0 saturated carbocycles. The molecule has 6 heteroatoms. The van der Waals surface area contributed by atoms with Gasteiger partial charge in [-0.2, -0.15) is 0 Å². The minimum absolute atomic E-state index is 0.248. The molecule has 1 heterocycles. The summed E-state index contributed by atoms with van der Waals surface area (Å²) >= 11 is 0. The van der Waals surface area contributed by atoms with E-state index in [1.807, 2.05) is 0 Å². The number of hydrogen-bond acceptors (Lipinski definition) is 5. The van der Waals surface area contributed by atoms with Crippen molar-refractivity contribution in [2.75, 3.05) is 51.4 Å². The Morgan fingerprint density at radius 2 is 2.16 bits per heavy atom. The number of methoxy groups -OCH3 is 1. The van der Waals surface area contributed by atoms with Crippen molar-refractivity contribution in [3.05, 3.63) is 0 Å². The number of piperidine rings is 1. The van der Waals surface area contributed by atoms with E-state index in [1.54, 1.807) is 14.0 Å². The number of hydrogen-bond donors (Lipinski definition) is 1. The highest BCUT2D eigenvalue weighted by Crippen LogP contribution is 2.16. The van der Waals surface area contributed by atoms with Gasteiger partial charge in [0.2, 0.25) is 0 Å². The molecule has 1 fully saturated rings. The minimum Gasteiger partial charge on any atom is -0.383 e. The molecule has 1 saturated heterocycles. The summed E-state index contributed by atoms with van der Waals surface area (Å²) in [4.78, 5) is 2.33. The average Bonchev–Trinajstić information content (AvgIpc) is 2.42. The van der Waals surface area contributed by atoms with Gasteiger partial charge in [0, 0.05) is 38.5 Å². The van der Waals surface area contributed by atoms with Crippen molar-refractivity contribution >= 4 is 9.84 Å². The standard InChI is InChI=1S/C13H28N2O3S/c1-3-19(16,17)11-9-15-8-5-4-6-13(15)12-14-7-10-18-2/h13-14H,3-12H2,1-2H3. The Balaban J connectivity index is 2.35. The van der Waals surface area contributed by atoms with Crippen LogP contribution in [0.5, 0.6) is 0 Å². The van der Waals surface area contributed by atoms with Gasteiger partial charge in [0.25, 0.3) is 0 Å². The van der Waals surface area contributed by atoms with Gasteiger partial charge in [0.1, 0.15) is 0 Å². The molecule has 1 atom stereocenters. The van der Waals surface area contributed by atoms with Crippen LogP contribution in [0, 0.1) is 0 Å². The van der Waals surface area contributed by atoms with E-state index in [2.05, 4.69) is 10.2 Å². The minimum atomic E-state index is -2.85. The molecular formula is C13H28N2O3S. The first kappa shape index (κ1) is 16.9. The van der Waals surface area contributed by atoms with Crippen molar-refractivity contribution in [2.24, 2.45) is 0 Å². The summed E-state index contributed by atoms with van der Waals surface area (Å²) in [5.41, 5.74) is 0. The summed E-state index contributed by atoms with van der Waals surface area (Å²) < 4.78 is 28.2. The Hall–Kier alpha value is -0.170. The van der Waals surface area contributed by atoms with Gasteiger partial charge in [-0.3, -0.25) is 4.90 Å². The molecule has 1 rings (SSSR count). The monoisotopic (exact) mass is 292 g/mol. The fourth-order valence-corrected chi connectivity index (χ4v) is 3.23. The van der Waals surface area contributed by atoms with Crippen molar-refractivity contribution in [3.8, 4) is 0 Å². The van der Waals surface area contributed by atoms with Gasteiger partial charge in [-0.1, -0.05) is 13.3 Å². The molecule has 0 aromatic heterocycles. The quantitative estimate of drug-likeness (QED) is 0.628. The Morgan fingerprint density at radius 3 is 2.84 bits per heavy atom. The number of nitrogens with one attached hydrogen (secondary N) is 1. The number of sulfone groups is 1. The van der Waals surface area contributed by atoms with E-state index in [1.165, 1.54) is 12.8 Å². The molecule has 1 unspecified atom stereocenters. The maximum Gasteiger partial charge on any atom is 0.151 e. The topological polar surface area (TPSA) is 58.6 Å². The van der Waals surface area contributed by atoms with Gasteiger partial charge in [0.15, 0.2) is 9.84 Å². The predicted molar refractivity (Wildman–Crippen MR) is 78.3 cm³/mol. The summed E-state index contributed by atoms with van der Waals surface area (Å²) in [6, 6.07) is 0.470.